The maximum absolute atomic E-state index is 12.7. The van der Waals surface area contributed by atoms with Gasteiger partial charge in [-0.1, -0.05) is 18.2 Å². The fourth-order valence-electron chi connectivity index (χ4n) is 3.06. The number of hydrogen-bond acceptors (Lipinski definition) is 4. The Hall–Kier alpha value is -2.40. The standard InChI is InChI=1S/C20H25N3O2/c1-16-5-3-4-6-19(16)25-17(2)20(24)23-13-11-22(12-14-23)15-18-7-9-21-10-8-18/h3-10,17H,11-15H2,1-2H3/t17-/m1/s1. The Balaban J connectivity index is 1.50. The Morgan fingerprint density at radius 2 is 1.80 bits per heavy atom. The molecular weight excluding hydrogens is 314 g/mol. The summed E-state index contributed by atoms with van der Waals surface area (Å²) >= 11 is 0. The van der Waals surface area contributed by atoms with Gasteiger partial charge in [0.15, 0.2) is 6.10 Å². The first-order valence-electron chi connectivity index (χ1n) is 8.76. The lowest BCUT2D eigenvalue weighted by molar-refractivity contribution is -0.139. The highest BCUT2D eigenvalue weighted by molar-refractivity contribution is 5.81. The normalized spacial score (nSPS) is 16.5. The second kappa shape index (κ2) is 8.12. The van der Waals surface area contributed by atoms with Crippen LogP contribution in [0.3, 0.4) is 0 Å². The van der Waals surface area contributed by atoms with Crippen LogP contribution < -0.4 is 4.74 Å². The van der Waals surface area contributed by atoms with E-state index in [1.165, 1.54) is 5.56 Å². The molecule has 5 heteroatoms. The molecule has 0 radical (unpaired) electrons. The number of pyridine rings is 1. The quantitative estimate of drug-likeness (QED) is 0.840. The van der Waals surface area contributed by atoms with E-state index in [-0.39, 0.29) is 5.91 Å². The molecule has 1 aromatic carbocycles. The molecule has 2 heterocycles. The number of carbonyl (C=O) groups excluding carboxylic acids is 1. The highest BCUT2D eigenvalue weighted by Gasteiger charge is 2.26. The van der Waals surface area contributed by atoms with Gasteiger partial charge in [-0.3, -0.25) is 14.7 Å². The predicted molar refractivity (Wildman–Crippen MR) is 97.4 cm³/mol. The van der Waals surface area contributed by atoms with Gasteiger partial charge in [0.25, 0.3) is 5.91 Å². The Kier molecular flexibility index (Phi) is 5.66. The molecule has 0 aliphatic carbocycles. The van der Waals surface area contributed by atoms with Gasteiger partial charge >= 0.3 is 0 Å². The number of hydrogen-bond donors (Lipinski definition) is 0. The molecule has 3 rings (SSSR count). The minimum atomic E-state index is -0.465. The van der Waals surface area contributed by atoms with Gasteiger partial charge in [-0.15, -0.1) is 0 Å². The summed E-state index contributed by atoms with van der Waals surface area (Å²) in [6.07, 6.45) is 3.17. The van der Waals surface area contributed by atoms with E-state index in [1.807, 2.05) is 67.5 Å². The van der Waals surface area contributed by atoms with Crippen LogP contribution in [0.5, 0.6) is 5.75 Å². The fourth-order valence-corrected chi connectivity index (χ4v) is 3.06. The van der Waals surface area contributed by atoms with E-state index in [2.05, 4.69) is 9.88 Å². The summed E-state index contributed by atoms with van der Waals surface area (Å²) in [5.74, 6) is 0.839. The van der Waals surface area contributed by atoms with Crippen molar-refractivity contribution in [2.45, 2.75) is 26.5 Å². The number of carbonyl (C=O) groups is 1. The summed E-state index contributed by atoms with van der Waals surface area (Å²) in [6, 6.07) is 11.9. The van der Waals surface area contributed by atoms with Crippen LogP contribution in [0.2, 0.25) is 0 Å². The van der Waals surface area contributed by atoms with Gasteiger partial charge in [-0.25, -0.2) is 0 Å². The third-order valence-electron chi connectivity index (χ3n) is 4.58. The minimum Gasteiger partial charge on any atom is -0.481 e. The third-order valence-corrected chi connectivity index (χ3v) is 4.58. The average Bonchev–Trinajstić information content (AvgIpc) is 2.64. The Morgan fingerprint density at radius 3 is 2.48 bits per heavy atom. The number of para-hydroxylation sites is 1. The monoisotopic (exact) mass is 339 g/mol. The van der Waals surface area contributed by atoms with Crippen molar-refractivity contribution < 1.29 is 9.53 Å². The van der Waals surface area contributed by atoms with E-state index in [1.54, 1.807) is 0 Å². The van der Waals surface area contributed by atoms with Crippen molar-refractivity contribution in [3.8, 4) is 5.75 Å². The molecule has 2 aromatic rings. The van der Waals surface area contributed by atoms with Crippen LogP contribution in [0.25, 0.3) is 0 Å². The van der Waals surface area contributed by atoms with Gasteiger partial charge in [0.05, 0.1) is 0 Å². The van der Waals surface area contributed by atoms with Crippen molar-refractivity contribution >= 4 is 5.91 Å². The molecule has 1 amide bonds. The fraction of sp³-hybridized carbons (Fsp3) is 0.400. The number of ether oxygens (including phenoxy) is 1. The van der Waals surface area contributed by atoms with Gasteiger partial charge in [0.2, 0.25) is 0 Å². The summed E-state index contributed by atoms with van der Waals surface area (Å²) in [6.45, 7) is 7.97. The van der Waals surface area contributed by atoms with Crippen LogP contribution in [0.15, 0.2) is 48.8 Å². The van der Waals surface area contributed by atoms with E-state index in [0.29, 0.717) is 0 Å². The van der Waals surface area contributed by atoms with Crippen molar-refractivity contribution in [2.24, 2.45) is 0 Å². The number of rotatable bonds is 5. The van der Waals surface area contributed by atoms with Crippen molar-refractivity contribution in [1.29, 1.82) is 0 Å². The lowest BCUT2D eigenvalue weighted by Gasteiger charge is -2.36. The topological polar surface area (TPSA) is 45.7 Å². The molecule has 1 aliphatic rings. The lowest BCUT2D eigenvalue weighted by atomic mass is 10.2. The molecule has 1 atom stereocenters. The second-order valence-electron chi connectivity index (χ2n) is 6.48. The first-order valence-corrected chi connectivity index (χ1v) is 8.76. The number of aromatic nitrogens is 1. The van der Waals surface area contributed by atoms with Crippen LogP contribution in [-0.2, 0) is 11.3 Å². The molecule has 0 N–H and O–H groups in total. The molecule has 132 valence electrons. The van der Waals surface area contributed by atoms with Gasteiger partial charge in [0.1, 0.15) is 5.75 Å². The molecule has 0 spiro atoms. The number of piperazine rings is 1. The SMILES string of the molecule is Cc1ccccc1O[C@H](C)C(=O)N1CCN(Cc2ccncc2)CC1. The van der Waals surface area contributed by atoms with E-state index in [9.17, 15) is 4.79 Å². The van der Waals surface area contributed by atoms with Crippen LogP contribution >= 0.6 is 0 Å². The minimum absolute atomic E-state index is 0.0619. The van der Waals surface area contributed by atoms with Crippen LogP contribution in [0, 0.1) is 6.92 Å². The maximum Gasteiger partial charge on any atom is 0.263 e. The van der Waals surface area contributed by atoms with Crippen molar-refractivity contribution in [1.82, 2.24) is 14.8 Å². The van der Waals surface area contributed by atoms with Crippen LogP contribution in [0.1, 0.15) is 18.1 Å². The Labute approximate surface area is 149 Å². The van der Waals surface area contributed by atoms with E-state index < -0.39 is 6.10 Å². The molecule has 1 saturated heterocycles. The van der Waals surface area contributed by atoms with Gasteiger partial charge in [-0.05, 0) is 43.2 Å². The highest BCUT2D eigenvalue weighted by Crippen LogP contribution is 2.19. The molecule has 5 nitrogen and oxygen atoms in total. The predicted octanol–water partition coefficient (Wildman–Crippen LogP) is 2.50. The number of aryl methyl sites for hydroxylation is 1. The van der Waals surface area contributed by atoms with Crippen LogP contribution in [-0.4, -0.2) is 53.0 Å². The largest absolute Gasteiger partial charge is 0.481 e. The summed E-state index contributed by atoms with van der Waals surface area (Å²) in [5.41, 5.74) is 2.30. The Bertz CT molecular complexity index is 697. The zero-order chi connectivity index (χ0) is 17.6. The zero-order valence-corrected chi connectivity index (χ0v) is 14.9. The van der Waals surface area contributed by atoms with Crippen molar-refractivity contribution in [3.05, 3.63) is 59.9 Å². The number of amides is 1. The molecule has 1 aliphatic heterocycles. The van der Waals surface area contributed by atoms with E-state index in [4.69, 9.17) is 4.74 Å². The van der Waals surface area contributed by atoms with Gasteiger partial charge in [0, 0.05) is 45.1 Å². The zero-order valence-electron chi connectivity index (χ0n) is 14.9. The van der Waals surface area contributed by atoms with Crippen molar-refractivity contribution in [3.63, 3.8) is 0 Å². The second-order valence-corrected chi connectivity index (χ2v) is 6.48. The number of benzene rings is 1. The lowest BCUT2D eigenvalue weighted by Crippen LogP contribution is -2.51. The highest BCUT2D eigenvalue weighted by atomic mass is 16.5. The van der Waals surface area contributed by atoms with E-state index in [0.717, 1.165) is 44.0 Å². The summed E-state index contributed by atoms with van der Waals surface area (Å²) in [7, 11) is 0. The number of nitrogens with zero attached hydrogens (tertiary/aromatic N) is 3. The summed E-state index contributed by atoms with van der Waals surface area (Å²) in [5, 5.41) is 0. The molecule has 0 unspecified atom stereocenters. The van der Waals surface area contributed by atoms with Crippen LogP contribution in [0.4, 0.5) is 0 Å². The molecular formula is C20H25N3O2. The molecule has 0 saturated carbocycles. The van der Waals surface area contributed by atoms with Gasteiger partial charge in [-0.2, -0.15) is 0 Å². The van der Waals surface area contributed by atoms with Gasteiger partial charge < -0.3 is 9.64 Å². The van der Waals surface area contributed by atoms with E-state index >= 15 is 0 Å². The average molecular weight is 339 g/mol. The molecule has 1 fully saturated rings. The smallest absolute Gasteiger partial charge is 0.263 e. The third kappa shape index (κ3) is 4.57. The first kappa shape index (κ1) is 17.4. The maximum atomic E-state index is 12.7. The molecule has 0 bridgehead atoms. The molecule has 25 heavy (non-hydrogen) atoms. The summed E-state index contributed by atoms with van der Waals surface area (Å²) < 4.78 is 5.87. The van der Waals surface area contributed by atoms with Crippen molar-refractivity contribution in [2.75, 3.05) is 26.2 Å². The Morgan fingerprint density at radius 1 is 1.12 bits per heavy atom. The summed E-state index contributed by atoms with van der Waals surface area (Å²) in [4.78, 5) is 21.0. The molecule has 1 aromatic heterocycles. The first-order chi connectivity index (χ1) is 12.1.